The summed E-state index contributed by atoms with van der Waals surface area (Å²) in [5.74, 6) is -0.465. The molecule has 28 heavy (non-hydrogen) atoms. The monoisotopic (exact) mass is 538 g/mol. The number of hydrogen-bond acceptors (Lipinski definition) is 5. The molecule has 3 aromatic rings. The van der Waals surface area contributed by atoms with E-state index in [2.05, 4.69) is 41.9 Å². The molecule has 4 rings (SSSR count). The van der Waals surface area contributed by atoms with Crippen molar-refractivity contribution in [3.05, 3.63) is 37.8 Å². The third-order valence-electron chi connectivity index (χ3n) is 4.17. The van der Waals surface area contributed by atoms with Crippen LogP contribution in [0.15, 0.2) is 26.5 Å². The molecule has 12 heteroatoms. The van der Waals surface area contributed by atoms with Gasteiger partial charge in [-0.1, -0.05) is 0 Å². The molecule has 1 aliphatic heterocycles. The van der Waals surface area contributed by atoms with Crippen molar-refractivity contribution in [2.24, 2.45) is 0 Å². The molecule has 0 N–H and O–H groups in total. The zero-order chi connectivity index (χ0) is 20.1. The van der Waals surface area contributed by atoms with Crippen LogP contribution >= 0.6 is 43.2 Å². The fourth-order valence-electron chi connectivity index (χ4n) is 2.84. The highest BCUT2D eigenvalue weighted by molar-refractivity contribution is 9.11. The second-order valence-corrected chi connectivity index (χ2v) is 8.49. The third kappa shape index (κ3) is 3.46. The van der Waals surface area contributed by atoms with Gasteiger partial charge in [-0.25, -0.2) is 9.50 Å². The van der Waals surface area contributed by atoms with Gasteiger partial charge in [0.05, 0.1) is 28.3 Å². The van der Waals surface area contributed by atoms with E-state index >= 15 is 0 Å². The minimum atomic E-state index is -4.68. The SMILES string of the molecule is O=C(c1nn2c(C(F)(F)F)cc(-c3sccc3Br)nc2c1Br)N1CCOCC1. The van der Waals surface area contributed by atoms with Gasteiger partial charge in [-0.3, -0.25) is 4.79 Å². The van der Waals surface area contributed by atoms with Gasteiger partial charge in [-0.2, -0.15) is 18.3 Å². The molecule has 0 unspecified atom stereocenters. The van der Waals surface area contributed by atoms with E-state index in [0.717, 1.165) is 6.07 Å². The first-order chi connectivity index (χ1) is 13.3. The van der Waals surface area contributed by atoms with Crippen molar-refractivity contribution in [1.82, 2.24) is 19.5 Å². The zero-order valence-corrected chi connectivity index (χ0v) is 18.0. The molecule has 1 amide bonds. The Morgan fingerprint density at radius 3 is 2.57 bits per heavy atom. The molecule has 0 saturated carbocycles. The van der Waals surface area contributed by atoms with Gasteiger partial charge in [0.25, 0.3) is 5.91 Å². The minimum Gasteiger partial charge on any atom is -0.378 e. The molecule has 1 fully saturated rings. The summed E-state index contributed by atoms with van der Waals surface area (Å²) in [7, 11) is 0. The highest BCUT2D eigenvalue weighted by atomic mass is 79.9. The second kappa shape index (κ2) is 7.39. The Hall–Kier alpha value is -1.50. The van der Waals surface area contributed by atoms with E-state index < -0.39 is 17.8 Å². The van der Waals surface area contributed by atoms with Crippen LogP contribution in [0.2, 0.25) is 0 Å². The number of aromatic nitrogens is 3. The number of halogens is 5. The molecule has 0 atom stereocenters. The normalized spacial score (nSPS) is 15.4. The standard InChI is InChI=1S/C16H11Br2F3N4O2S/c17-8-1-6-28-13(8)9-7-10(16(19,20)21)25-14(22-9)11(18)12(23-25)15(26)24-2-4-27-5-3-24/h1,6-7H,2-5H2. The van der Waals surface area contributed by atoms with Crippen molar-refractivity contribution in [3.63, 3.8) is 0 Å². The molecule has 3 aromatic heterocycles. The summed E-state index contributed by atoms with van der Waals surface area (Å²) in [6.07, 6.45) is -4.68. The van der Waals surface area contributed by atoms with E-state index in [1.165, 1.54) is 16.2 Å². The summed E-state index contributed by atoms with van der Waals surface area (Å²) < 4.78 is 47.8. The number of hydrogen-bond donors (Lipinski definition) is 0. The van der Waals surface area contributed by atoms with Crippen molar-refractivity contribution >= 4 is 54.8 Å². The van der Waals surface area contributed by atoms with E-state index in [4.69, 9.17) is 4.74 Å². The molecule has 0 spiro atoms. The molecule has 0 radical (unpaired) electrons. The van der Waals surface area contributed by atoms with Crippen LogP contribution < -0.4 is 0 Å². The van der Waals surface area contributed by atoms with Crippen molar-refractivity contribution < 1.29 is 22.7 Å². The number of rotatable bonds is 2. The number of alkyl halides is 3. The predicted molar refractivity (Wildman–Crippen MR) is 103 cm³/mol. The quantitative estimate of drug-likeness (QED) is 0.482. The second-order valence-electron chi connectivity index (χ2n) is 5.92. The van der Waals surface area contributed by atoms with Gasteiger partial charge in [0.15, 0.2) is 17.0 Å². The van der Waals surface area contributed by atoms with Crippen LogP contribution in [0.25, 0.3) is 16.2 Å². The van der Waals surface area contributed by atoms with E-state index in [-0.39, 0.29) is 21.5 Å². The molecule has 0 aromatic carbocycles. The maximum Gasteiger partial charge on any atom is 0.433 e. The maximum absolute atomic E-state index is 13.7. The number of thiophene rings is 1. The molecular weight excluding hydrogens is 529 g/mol. The summed E-state index contributed by atoms with van der Waals surface area (Å²) in [5, 5.41) is 5.69. The predicted octanol–water partition coefficient (Wildman–Crippen LogP) is 4.47. The van der Waals surface area contributed by atoms with Gasteiger partial charge in [0, 0.05) is 17.6 Å². The lowest BCUT2D eigenvalue weighted by molar-refractivity contribution is -0.142. The van der Waals surface area contributed by atoms with Gasteiger partial charge in [-0.05, 0) is 49.4 Å². The van der Waals surface area contributed by atoms with Crippen LogP contribution in [0.1, 0.15) is 16.2 Å². The van der Waals surface area contributed by atoms with Gasteiger partial charge in [0.1, 0.15) is 0 Å². The highest BCUT2D eigenvalue weighted by Crippen LogP contribution is 2.38. The molecular formula is C16H11Br2F3N4O2S. The van der Waals surface area contributed by atoms with Crippen molar-refractivity contribution in [2.45, 2.75) is 6.18 Å². The van der Waals surface area contributed by atoms with E-state index in [1.807, 2.05) is 0 Å². The Balaban J connectivity index is 1.90. The number of ether oxygens (including phenoxy) is 1. The summed E-state index contributed by atoms with van der Waals surface area (Å²) in [5.41, 5.74) is -1.04. The Morgan fingerprint density at radius 1 is 1.25 bits per heavy atom. The Morgan fingerprint density at radius 2 is 1.96 bits per heavy atom. The highest BCUT2D eigenvalue weighted by Gasteiger charge is 2.37. The largest absolute Gasteiger partial charge is 0.433 e. The van der Waals surface area contributed by atoms with Crippen molar-refractivity contribution in [1.29, 1.82) is 0 Å². The first-order valence-electron chi connectivity index (χ1n) is 8.04. The van der Waals surface area contributed by atoms with Gasteiger partial charge in [-0.15, -0.1) is 11.3 Å². The van der Waals surface area contributed by atoms with Gasteiger partial charge in [0.2, 0.25) is 0 Å². The summed E-state index contributed by atoms with van der Waals surface area (Å²) in [4.78, 5) is 19.2. The number of carbonyl (C=O) groups is 1. The zero-order valence-electron chi connectivity index (χ0n) is 14.0. The summed E-state index contributed by atoms with van der Waals surface area (Å²) >= 11 is 7.82. The summed E-state index contributed by atoms with van der Waals surface area (Å²) in [6, 6.07) is 2.67. The molecule has 0 aliphatic carbocycles. The maximum atomic E-state index is 13.7. The van der Waals surface area contributed by atoms with Gasteiger partial charge >= 0.3 is 6.18 Å². The van der Waals surface area contributed by atoms with E-state index in [0.29, 0.717) is 40.2 Å². The topological polar surface area (TPSA) is 59.7 Å². The lowest BCUT2D eigenvalue weighted by atomic mass is 10.2. The Bertz CT molecular complexity index is 1060. The first-order valence-corrected chi connectivity index (χ1v) is 10.5. The van der Waals surface area contributed by atoms with Crippen LogP contribution in [0, 0.1) is 0 Å². The van der Waals surface area contributed by atoms with Crippen LogP contribution in [-0.2, 0) is 10.9 Å². The smallest absolute Gasteiger partial charge is 0.378 e. The fourth-order valence-corrected chi connectivity index (χ4v) is 4.88. The molecule has 1 aliphatic rings. The fraction of sp³-hybridized carbons (Fsp3) is 0.312. The number of morpholine rings is 1. The van der Waals surface area contributed by atoms with Gasteiger partial charge < -0.3 is 9.64 Å². The number of amides is 1. The summed E-state index contributed by atoms with van der Waals surface area (Å²) in [6.45, 7) is 1.46. The number of nitrogens with zero attached hydrogens (tertiary/aromatic N) is 4. The van der Waals surface area contributed by atoms with Crippen molar-refractivity contribution in [3.8, 4) is 10.6 Å². The molecule has 148 valence electrons. The number of fused-ring (bicyclic) bond motifs is 1. The van der Waals surface area contributed by atoms with E-state index in [1.54, 1.807) is 11.4 Å². The van der Waals surface area contributed by atoms with Crippen LogP contribution in [0.4, 0.5) is 13.2 Å². The molecule has 6 nitrogen and oxygen atoms in total. The van der Waals surface area contributed by atoms with Crippen LogP contribution in [-0.4, -0.2) is 51.7 Å². The molecule has 4 heterocycles. The third-order valence-corrected chi connectivity index (χ3v) is 6.76. The first kappa shape index (κ1) is 19.8. The lowest BCUT2D eigenvalue weighted by Gasteiger charge is -2.26. The minimum absolute atomic E-state index is 0.0678. The average molecular weight is 540 g/mol. The molecule has 1 saturated heterocycles. The Labute approximate surface area is 177 Å². The van der Waals surface area contributed by atoms with Crippen LogP contribution in [0.3, 0.4) is 0 Å². The Kier molecular flexibility index (Phi) is 5.23. The molecule has 0 bridgehead atoms. The van der Waals surface area contributed by atoms with Crippen LogP contribution in [0.5, 0.6) is 0 Å². The lowest BCUT2D eigenvalue weighted by Crippen LogP contribution is -2.41. The van der Waals surface area contributed by atoms with Crippen molar-refractivity contribution in [2.75, 3.05) is 26.3 Å². The average Bonchev–Trinajstić information content (AvgIpc) is 3.24. The number of carbonyl (C=O) groups excluding carboxylic acids is 1. The van der Waals surface area contributed by atoms with E-state index in [9.17, 15) is 18.0 Å².